The summed E-state index contributed by atoms with van der Waals surface area (Å²) in [6.07, 6.45) is 8.22. The van der Waals surface area contributed by atoms with Gasteiger partial charge in [-0.25, -0.2) is 4.98 Å². The fraction of sp³-hybridized carbons (Fsp3) is 0.550. The van der Waals surface area contributed by atoms with E-state index < -0.39 is 0 Å². The van der Waals surface area contributed by atoms with E-state index in [9.17, 15) is 4.79 Å². The minimum absolute atomic E-state index is 0.277. The predicted molar refractivity (Wildman–Crippen MR) is 99.7 cm³/mol. The van der Waals surface area contributed by atoms with Gasteiger partial charge in [0.05, 0.1) is 0 Å². The molecule has 0 spiro atoms. The van der Waals surface area contributed by atoms with Crippen LogP contribution in [0, 0.1) is 0 Å². The van der Waals surface area contributed by atoms with Crippen molar-refractivity contribution in [3.63, 3.8) is 0 Å². The molecule has 4 rings (SSSR count). The summed E-state index contributed by atoms with van der Waals surface area (Å²) in [5, 5.41) is 4.08. The van der Waals surface area contributed by atoms with E-state index in [0.717, 1.165) is 45.6 Å². The van der Waals surface area contributed by atoms with Gasteiger partial charge < -0.3 is 4.90 Å². The summed E-state index contributed by atoms with van der Waals surface area (Å²) in [5.41, 5.74) is 3.03. The van der Waals surface area contributed by atoms with Gasteiger partial charge in [-0.2, -0.15) is 5.10 Å². The zero-order chi connectivity index (χ0) is 17.8. The molecule has 1 aromatic heterocycles. The molecule has 1 fully saturated rings. The van der Waals surface area contributed by atoms with Crippen molar-refractivity contribution in [2.24, 2.45) is 0 Å². The normalized spacial score (nSPS) is 20.8. The molecule has 1 amide bonds. The van der Waals surface area contributed by atoms with Crippen LogP contribution in [-0.2, 0) is 24.2 Å². The zero-order valence-corrected chi connectivity index (χ0v) is 15.3. The van der Waals surface area contributed by atoms with Gasteiger partial charge in [-0.15, -0.1) is 0 Å². The Morgan fingerprint density at radius 1 is 1.12 bits per heavy atom. The lowest BCUT2D eigenvalue weighted by Gasteiger charge is -2.41. The van der Waals surface area contributed by atoms with E-state index in [2.05, 4.69) is 39.2 Å². The second-order valence-corrected chi connectivity index (χ2v) is 7.34. The van der Waals surface area contributed by atoms with Gasteiger partial charge in [-0.05, 0) is 36.8 Å². The smallest absolute Gasteiger partial charge is 0.222 e. The number of aryl methyl sites for hydroxylation is 2. The third-order valence-corrected chi connectivity index (χ3v) is 5.75. The van der Waals surface area contributed by atoms with Crippen LogP contribution < -0.4 is 0 Å². The van der Waals surface area contributed by atoms with E-state index in [1.807, 2.05) is 4.90 Å². The van der Waals surface area contributed by atoms with Crippen LogP contribution in [0.15, 0.2) is 36.9 Å². The summed E-state index contributed by atoms with van der Waals surface area (Å²) < 4.78 is 1.78. The van der Waals surface area contributed by atoms with Crippen LogP contribution >= 0.6 is 0 Å². The summed E-state index contributed by atoms with van der Waals surface area (Å²) in [6, 6.07) is 9.47. The number of piperazine rings is 1. The molecule has 26 heavy (non-hydrogen) atoms. The maximum absolute atomic E-state index is 12.4. The molecular weight excluding hydrogens is 326 g/mol. The maximum Gasteiger partial charge on any atom is 0.222 e. The molecule has 0 saturated carbocycles. The molecule has 1 atom stereocenters. The molecule has 0 N–H and O–H groups in total. The Morgan fingerprint density at radius 2 is 1.92 bits per heavy atom. The van der Waals surface area contributed by atoms with Gasteiger partial charge in [0, 0.05) is 45.2 Å². The number of rotatable bonds is 5. The average Bonchev–Trinajstić information content (AvgIpc) is 3.21. The van der Waals surface area contributed by atoms with Gasteiger partial charge >= 0.3 is 0 Å². The van der Waals surface area contributed by atoms with Gasteiger partial charge in [-0.1, -0.05) is 24.3 Å². The van der Waals surface area contributed by atoms with Crippen LogP contribution in [0.3, 0.4) is 0 Å². The number of carbonyl (C=O) groups is 1. The van der Waals surface area contributed by atoms with Crippen molar-refractivity contribution in [3.05, 3.63) is 48.0 Å². The molecule has 138 valence electrons. The predicted octanol–water partition coefficient (Wildman–Crippen LogP) is 1.76. The van der Waals surface area contributed by atoms with Crippen LogP contribution in [0.1, 0.15) is 30.4 Å². The lowest BCUT2D eigenvalue weighted by molar-refractivity contribution is -0.133. The fourth-order valence-electron chi connectivity index (χ4n) is 4.23. The minimum Gasteiger partial charge on any atom is -0.340 e. The first-order valence-electron chi connectivity index (χ1n) is 9.70. The molecule has 6 heteroatoms. The lowest BCUT2D eigenvalue weighted by Crippen LogP contribution is -2.53. The van der Waals surface area contributed by atoms with Crippen LogP contribution in [0.25, 0.3) is 0 Å². The Hall–Kier alpha value is -2.21. The van der Waals surface area contributed by atoms with Gasteiger partial charge in [-0.3, -0.25) is 14.4 Å². The molecule has 1 aromatic carbocycles. The van der Waals surface area contributed by atoms with Crippen molar-refractivity contribution < 1.29 is 4.79 Å². The largest absolute Gasteiger partial charge is 0.340 e. The van der Waals surface area contributed by atoms with E-state index in [4.69, 9.17) is 0 Å². The highest BCUT2D eigenvalue weighted by Gasteiger charge is 2.28. The van der Waals surface area contributed by atoms with Gasteiger partial charge in [0.25, 0.3) is 0 Å². The van der Waals surface area contributed by atoms with Gasteiger partial charge in [0.15, 0.2) is 0 Å². The van der Waals surface area contributed by atoms with Crippen molar-refractivity contribution in [1.29, 1.82) is 0 Å². The number of aromatic nitrogens is 3. The van der Waals surface area contributed by atoms with E-state index in [1.54, 1.807) is 11.0 Å². The van der Waals surface area contributed by atoms with Crippen LogP contribution in [0.5, 0.6) is 0 Å². The Bertz CT molecular complexity index is 722. The van der Waals surface area contributed by atoms with Crippen molar-refractivity contribution >= 4 is 5.91 Å². The first kappa shape index (κ1) is 17.2. The van der Waals surface area contributed by atoms with E-state index >= 15 is 0 Å². The molecule has 1 aliphatic carbocycles. The van der Waals surface area contributed by atoms with E-state index in [1.165, 1.54) is 30.3 Å². The first-order valence-corrected chi connectivity index (χ1v) is 9.70. The zero-order valence-electron chi connectivity index (χ0n) is 15.3. The molecule has 2 heterocycles. The highest BCUT2D eigenvalue weighted by atomic mass is 16.2. The molecule has 0 bridgehead atoms. The third kappa shape index (κ3) is 3.96. The van der Waals surface area contributed by atoms with Crippen molar-refractivity contribution in [1.82, 2.24) is 24.6 Å². The highest BCUT2D eigenvalue weighted by Crippen LogP contribution is 2.25. The van der Waals surface area contributed by atoms with E-state index in [-0.39, 0.29) is 5.91 Å². The molecule has 2 aromatic rings. The molecule has 1 aliphatic heterocycles. The molecule has 2 aliphatic rings. The van der Waals surface area contributed by atoms with Crippen molar-refractivity contribution in [2.75, 3.05) is 26.2 Å². The molecule has 1 unspecified atom stereocenters. The minimum atomic E-state index is 0.277. The van der Waals surface area contributed by atoms with Gasteiger partial charge in [0.1, 0.15) is 12.7 Å². The van der Waals surface area contributed by atoms with Crippen LogP contribution in [0.2, 0.25) is 0 Å². The van der Waals surface area contributed by atoms with E-state index in [0.29, 0.717) is 12.5 Å². The summed E-state index contributed by atoms with van der Waals surface area (Å²) in [7, 11) is 0. The monoisotopic (exact) mass is 353 g/mol. The quantitative estimate of drug-likeness (QED) is 0.822. The highest BCUT2D eigenvalue weighted by molar-refractivity contribution is 5.76. The Morgan fingerprint density at radius 3 is 2.69 bits per heavy atom. The maximum atomic E-state index is 12.4. The number of benzene rings is 1. The number of nitrogens with zero attached hydrogens (tertiary/aromatic N) is 5. The lowest BCUT2D eigenvalue weighted by atomic mass is 9.87. The number of hydrogen-bond donors (Lipinski definition) is 0. The molecule has 1 saturated heterocycles. The Labute approximate surface area is 154 Å². The summed E-state index contributed by atoms with van der Waals surface area (Å²) >= 11 is 0. The summed E-state index contributed by atoms with van der Waals surface area (Å²) in [6.45, 7) is 4.48. The molecule has 0 radical (unpaired) electrons. The average molecular weight is 353 g/mol. The number of hydrogen-bond acceptors (Lipinski definition) is 4. The Kier molecular flexibility index (Phi) is 5.29. The van der Waals surface area contributed by atoms with Crippen LogP contribution in [-0.4, -0.2) is 62.7 Å². The molecular formula is C20H27N5O. The van der Waals surface area contributed by atoms with Gasteiger partial charge in [0.2, 0.25) is 5.91 Å². The summed E-state index contributed by atoms with van der Waals surface area (Å²) in [5.74, 6) is 0.277. The Balaban J connectivity index is 1.22. The summed E-state index contributed by atoms with van der Waals surface area (Å²) in [4.78, 5) is 21.0. The number of fused-ring (bicyclic) bond motifs is 1. The first-order chi connectivity index (χ1) is 12.8. The number of amides is 1. The SMILES string of the molecule is O=C(CCCn1cncn1)N1CCN(C2CCc3ccccc3C2)CC1. The molecule has 6 nitrogen and oxygen atoms in total. The second-order valence-electron chi connectivity index (χ2n) is 7.34. The topological polar surface area (TPSA) is 54.3 Å². The van der Waals surface area contributed by atoms with Crippen molar-refractivity contribution in [3.8, 4) is 0 Å². The number of carbonyl (C=O) groups excluding carboxylic acids is 1. The second kappa shape index (κ2) is 7.99. The standard InChI is InChI=1S/C20H27N5O/c26-20(6-3-9-25-16-21-15-22-25)24-12-10-23(11-13-24)19-8-7-17-4-1-2-5-18(17)14-19/h1-2,4-5,15-16,19H,3,6-14H2. The fourth-order valence-corrected chi connectivity index (χ4v) is 4.23. The third-order valence-electron chi connectivity index (χ3n) is 5.75. The van der Waals surface area contributed by atoms with Crippen molar-refractivity contribution in [2.45, 2.75) is 44.7 Å². The van der Waals surface area contributed by atoms with Crippen LogP contribution in [0.4, 0.5) is 0 Å².